The highest BCUT2D eigenvalue weighted by Crippen LogP contribution is 2.34. The van der Waals surface area contributed by atoms with Gasteiger partial charge < -0.3 is 5.73 Å². The van der Waals surface area contributed by atoms with Gasteiger partial charge in [0.25, 0.3) is 0 Å². The minimum Gasteiger partial charge on any atom is -0.369 e. The third-order valence-corrected chi connectivity index (χ3v) is 4.12. The third-order valence-electron chi connectivity index (χ3n) is 2.26. The van der Waals surface area contributed by atoms with Crippen molar-refractivity contribution in [3.63, 3.8) is 0 Å². The van der Waals surface area contributed by atoms with Crippen molar-refractivity contribution in [2.45, 2.75) is 11.1 Å². The summed E-state index contributed by atoms with van der Waals surface area (Å²) in [5, 5.41) is 0. The molecule has 0 saturated heterocycles. The molecule has 5 nitrogen and oxygen atoms in total. The smallest absolute Gasteiger partial charge is 0.369 e. The second kappa shape index (κ2) is 5.17. The molecule has 0 fully saturated rings. The quantitative estimate of drug-likeness (QED) is 0.893. The Hall–Kier alpha value is -1.61. The third kappa shape index (κ3) is 3.44. The van der Waals surface area contributed by atoms with E-state index in [2.05, 4.69) is 0 Å². The van der Waals surface area contributed by atoms with Crippen LogP contribution in [0.25, 0.3) is 0 Å². The number of carbonyl (C=O) groups is 1. The Morgan fingerprint density at radius 2 is 1.84 bits per heavy atom. The van der Waals surface area contributed by atoms with Crippen molar-refractivity contribution in [1.82, 2.24) is 4.31 Å². The van der Waals surface area contributed by atoms with E-state index in [9.17, 15) is 26.4 Å². The number of nitrogens with zero attached hydrogens (tertiary/aromatic N) is 1. The zero-order chi connectivity index (χ0) is 14.8. The predicted molar refractivity (Wildman–Crippen MR) is 60.5 cm³/mol. The average molecular weight is 296 g/mol. The number of hydrogen-bond acceptors (Lipinski definition) is 3. The summed E-state index contributed by atoms with van der Waals surface area (Å²) in [5.41, 5.74) is 3.54. The summed E-state index contributed by atoms with van der Waals surface area (Å²) in [4.78, 5) is 9.75. The number of likely N-dealkylation sites (N-methyl/N-ethyl adjacent to an activating group) is 1. The first-order valence-corrected chi connectivity index (χ1v) is 6.41. The molecule has 0 aliphatic rings. The van der Waals surface area contributed by atoms with Crippen LogP contribution in [0.3, 0.4) is 0 Å². The summed E-state index contributed by atoms with van der Waals surface area (Å²) < 4.78 is 62.6. The van der Waals surface area contributed by atoms with E-state index in [1.807, 2.05) is 0 Å². The second-order valence-corrected chi connectivity index (χ2v) is 5.73. The van der Waals surface area contributed by atoms with E-state index in [1.54, 1.807) is 0 Å². The van der Waals surface area contributed by atoms with Crippen LogP contribution in [-0.4, -0.2) is 32.2 Å². The van der Waals surface area contributed by atoms with Crippen LogP contribution >= 0.6 is 0 Å². The van der Waals surface area contributed by atoms with Gasteiger partial charge in [0.1, 0.15) is 0 Å². The van der Waals surface area contributed by atoms with Crippen LogP contribution < -0.4 is 5.73 Å². The number of alkyl halides is 3. The Bertz CT molecular complexity index is 584. The molecule has 106 valence electrons. The Morgan fingerprint density at radius 3 is 2.32 bits per heavy atom. The lowest BCUT2D eigenvalue weighted by Gasteiger charge is -2.18. The summed E-state index contributed by atoms with van der Waals surface area (Å²) in [7, 11) is -3.46. The molecule has 19 heavy (non-hydrogen) atoms. The SMILES string of the molecule is CN(CC(N)=O)S(=O)(=O)c1ccccc1C(F)(F)F. The number of sulfonamides is 1. The number of halogens is 3. The van der Waals surface area contributed by atoms with Crippen LogP contribution in [0, 0.1) is 0 Å². The Kier molecular flexibility index (Phi) is 4.21. The summed E-state index contributed by atoms with van der Waals surface area (Å²) in [5.74, 6) is -0.962. The van der Waals surface area contributed by atoms with Crippen LogP contribution in [0.5, 0.6) is 0 Å². The molecule has 0 aliphatic carbocycles. The van der Waals surface area contributed by atoms with Gasteiger partial charge in [0.05, 0.1) is 17.0 Å². The number of nitrogens with two attached hydrogens (primary N) is 1. The van der Waals surface area contributed by atoms with E-state index < -0.39 is 39.1 Å². The summed E-state index contributed by atoms with van der Waals surface area (Å²) in [6.45, 7) is -0.700. The van der Waals surface area contributed by atoms with Gasteiger partial charge in [0.2, 0.25) is 15.9 Å². The number of rotatable bonds is 4. The highest BCUT2D eigenvalue weighted by atomic mass is 32.2. The zero-order valence-corrected chi connectivity index (χ0v) is 10.6. The number of carbonyl (C=O) groups excluding carboxylic acids is 1. The van der Waals surface area contributed by atoms with Crippen LogP contribution in [0.15, 0.2) is 29.2 Å². The maximum atomic E-state index is 12.7. The fourth-order valence-electron chi connectivity index (χ4n) is 1.40. The zero-order valence-electron chi connectivity index (χ0n) is 9.81. The molecule has 1 aromatic carbocycles. The number of benzene rings is 1. The molecule has 0 atom stereocenters. The van der Waals surface area contributed by atoms with Gasteiger partial charge >= 0.3 is 6.18 Å². The lowest BCUT2D eigenvalue weighted by Crippen LogP contribution is -2.36. The molecule has 0 saturated carbocycles. The van der Waals surface area contributed by atoms with Crippen molar-refractivity contribution in [3.05, 3.63) is 29.8 Å². The molecule has 1 amide bonds. The minimum absolute atomic E-state index is 0.472. The van der Waals surface area contributed by atoms with Crippen molar-refractivity contribution in [2.24, 2.45) is 5.73 Å². The lowest BCUT2D eigenvalue weighted by molar-refractivity contribution is -0.139. The highest BCUT2D eigenvalue weighted by Gasteiger charge is 2.38. The molecule has 0 bridgehead atoms. The van der Waals surface area contributed by atoms with E-state index in [0.717, 1.165) is 19.2 Å². The van der Waals surface area contributed by atoms with Gasteiger partial charge in [-0.25, -0.2) is 8.42 Å². The van der Waals surface area contributed by atoms with Gasteiger partial charge in [-0.3, -0.25) is 4.79 Å². The Morgan fingerprint density at radius 1 is 1.32 bits per heavy atom. The normalized spacial score (nSPS) is 12.7. The van der Waals surface area contributed by atoms with Crippen LogP contribution in [0.2, 0.25) is 0 Å². The Labute approximate surface area is 107 Å². The van der Waals surface area contributed by atoms with Crippen LogP contribution in [0.4, 0.5) is 13.2 Å². The number of primary amides is 1. The van der Waals surface area contributed by atoms with Crippen LogP contribution in [-0.2, 0) is 21.0 Å². The minimum atomic E-state index is -4.81. The number of hydrogen-bond donors (Lipinski definition) is 1. The van der Waals surface area contributed by atoms with E-state index in [0.29, 0.717) is 10.4 Å². The lowest BCUT2D eigenvalue weighted by atomic mass is 10.2. The van der Waals surface area contributed by atoms with Crippen molar-refractivity contribution >= 4 is 15.9 Å². The average Bonchev–Trinajstić information content (AvgIpc) is 2.27. The van der Waals surface area contributed by atoms with Gasteiger partial charge in [0.15, 0.2) is 0 Å². The van der Waals surface area contributed by atoms with E-state index in [1.165, 1.54) is 6.07 Å². The summed E-state index contributed by atoms with van der Waals surface area (Å²) in [6.07, 6.45) is -4.81. The molecular weight excluding hydrogens is 285 g/mol. The van der Waals surface area contributed by atoms with E-state index in [4.69, 9.17) is 5.73 Å². The molecular formula is C10H11F3N2O3S. The molecule has 0 radical (unpaired) electrons. The first-order chi connectivity index (χ1) is 8.56. The molecule has 0 aliphatic heterocycles. The van der Waals surface area contributed by atoms with Gasteiger partial charge in [-0.05, 0) is 12.1 Å². The van der Waals surface area contributed by atoms with Crippen molar-refractivity contribution < 1.29 is 26.4 Å². The first kappa shape index (κ1) is 15.4. The highest BCUT2D eigenvalue weighted by molar-refractivity contribution is 7.89. The van der Waals surface area contributed by atoms with Gasteiger partial charge in [-0.2, -0.15) is 17.5 Å². The predicted octanol–water partition coefficient (Wildman–Crippen LogP) is 0.811. The molecule has 0 heterocycles. The molecule has 0 unspecified atom stereocenters. The van der Waals surface area contributed by atoms with Crippen molar-refractivity contribution in [3.8, 4) is 0 Å². The standard InChI is InChI=1S/C10H11F3N2O3S/c1-15(6-9(14)16)19(17,18)8-5-3-2-4-7(8)10(11,12)13/h2-5H,6H2,1H3,(H2,14,16). The maximum absolute atomic E-state index is 12.7. The van der Waals surface area contributed by atoms with Crippen molar-refractivity contribution in [2.75, 3.05) is 13.6 Å². The largest absolute Gasteiger partial charge is 0.417 e. The maximum Gasteiger partial charge on any atom is 0.417 e. The van der Waals surface area contributed by atoms with Gasteiger partial charge in [-0.15, -0.1) is 0 Å². The van der Waals surface area contributed by atoms with E-state index in [-0.39, 0.29) is 0 Å². The van der Waals surface area contributed by atoms with E-state index >= 15 is 0 Å². The van der Waals surface area contributed by atoms with Gasteiger partial charge in [-0.1, -0.05) is 12.1 Å². The molecule has 1 rings (SSSR count). The molecule has 1 aromatic rings. The van der Waals surface area contributed by atoms with Gasteiger partial charge in [0, 0.05) is 7.05 Å². The first-order valence-electron chi connectivity index (χ1n) is 4.97. The number of amides is 1. The summed E-state index contributed by atoms with van der Waals surface area (Å²) in [6, 6.07) is 3.73. The Balaban J connectivity index is 3.34. The molecule has 0 spiro atoms. The second-order valence-electron chi connectivity index (χ2n) is 3.72. The summed E-state index contributed by atoms with van der Waals surface area (Å²) >= 11 is 0. The monoisotopic (exact) mass is 296 g/mol. The fourth-order valence-corrected chi connectivity index (χ4v) is 2.74. The van der Waals surface area contributed by atoms with Crippen LogP contribution in [0.1, 0.15) is 5.56 Å². The molecule has 9 heteroatoms. The van der Waals surface area contributed by atoms with Crippen molar-refractivity contribution in [1.29, 1.82) is 0 Å². The molecule has 0 aromatic heterocycles. The topological polar surface area (TPSA) is 80.5 Å². The molecule has 2 N–H and O–H groups in total. The fraction of sp³-hybridized carbons (Fsp3) is 0.300.